The first-order valence-corrected chi connectivity index (χ1v) is 13.7. The molecular formula is C33H36NOP. The number of para-hydroxylation sites is 1. The lowest BCUT2D eigenvalue weighted by atomic mass is 9.92. The molecule has 4 rings (SSSR count). The molecule has 0 aliphatic rings. The number of benzene rings is 4. The van der Waals surface area contributed by atoms with E-state index in [9.17, 15) is 0 Å². The molecule has 0 bridgehead atoms. The zero-order valence-corrected chi connectivity index (χ0v) is 22.8. The largest absolute Gasteiger partial charge is 0.488 e. The molecule has 0 aliphatic heterocycles. The minimum atomic E-state index is -0.0683. The summed E-state index contributed by atoms with van der Waals surface area (Å²) in [6.45, 7) is 7.45. The Morgan fingerprint density at radius 2 is 1.50 bits per heavy atom. The summed E-state index contributed by atoms with van der Waals surface area (Å²) < 4.78 is 6.70. The van der Waals surface area contributed by atoms with E-state index in [4.69, 9.17) is 4.74 Å². The minimum absolute atomic E-state index is 0.0683. The zero-order valence-electron chi connectivity index (χ0n) is 21.8. The first-order valence-electron chi connectivity index (χ1n) is 12.7. The molecule has 2 unspecified atom stereocenters. The number of aryl methyl sites for hydroxylation is 1. The van der Waals surface area contributed by atoms with Crippen molar-refractivity contribution in [3.63, 3.8) is 0 Å². The molecule has 2 nitrogen and oxygen atoms in total. The van der Waals surface area contributed by atoms with E-state index in [2.05, 4.69) is 117 Å². The van der Waals surface area contributed by atoms with Gasteiger partial charge in [-0.1, -0.05) is 119 Å². The highest BCUT2D eigenvalue weighted by Gasteiger charge is 2.31. The van der Waals surface area contributed by atoms with Gasteiger partial charge in [0.1, 0.15) is 12.4 Å². The van der Waals surface area contributed by atoms with Gasteiger partial charge in [-0.2, -0.15) is 0 Å². The van der Waals surface area contributed by atoms with Crippen LogP contribution in [0.1, 0.15) is 53.6 Å². The molecule has 184 valence electrons. The van der Waals surface area contributed by atoms with Crippen molar-refractivity contribution in [1.82, 2.24) is 0 Å². The van der Waals surface area contributed by atoms with E-state index >= 15 is 0 Å². The molecule has 2 atom stereocenters. The van der Waals surface area contributed by atoms with Crippen LogP contribution < -0.4 is 10.0 Å². The summed E-state index contributed by atoms with van der Waals surface area (Å²) in [7, 11) is 2.44. The van der Waals surface area contributed by atoms with Gasteiger partial charge in [0.25, 0.3) is 0 Å². The Labute approximate surface area is 218 Å². The van der Waals surface area contributed by atoms with Crippen LogP contribution in [0, 0.1) is 6.92 Å². The van der Waals surface area contributed by atoms with Gasteiger partial charge in [-0.3, -0.25) is 4.99 Å². The fourth-order valence-electron chi connectivity index (χ4n) is 4.60. The highest BCUT2D eigenvalue weighted by atomic mass is 31.1. The Morgan fingerprint density at radius 1 is 0.833 bits per heavy atom. The predicted molar refractivity (Wildman–Crippen MR) is 157 cm³/mol. The molecular weight excluding hydrogens is 457 g/mol. The molecule has 4 aromatic rings. The first kappa shape index (κ1) is 25.9. The van der Waals surface area contributed by atoms with Crippen molar-refractivity contribution in [3.05, 3.63) is 130 Å². The van der Waals surface area contributed by atoms with Crippen molar-refractivity contribution < 1.29 is 4.74 Å². The summed E-state index contributed by atoms with van der Waals surface area (Å²) in [5, 5.41) is 1.32. The van der Waals surface area contributed by atoms with Gasteiger partial charge in [0.05, 0.1) is 0 Å². The number of hydrogen-bond donors (Lipinski definition) is 0. The van der Waals surface area contributed by atoms with Gasteiger partial charge >= 0.3 is 0 Å². The summed E-state index contributed by atoms with van der Waals surface area (Å²) in [6, 6.07) is 34.3. The second-order valence-electron chi connectivity index (χ2n) is 9.47. The Morgan fingerprint density at radius 3 is 2.17 bits per heavy atom. The van der Waals surface area contributed by atoms with Crippen LogP contribution in [0.15, 0.2) is 102 Å². The third kappa shape index (κ3) is 6.12. The maximum absolute atomic E-state index is 6.70. The maximum Gasteiger partial charge on any atom is 0.127 e. The first-order chi connectivity index (χ1) is 17.5. The van der Waals surface area contributed by atoms with Crippen LogP contribution in [0.5, 0.6) is 5.75 Å². The molecule has 3 heteroatoms. The molecule has 4 aromatic carbocycles. The fraction of sp³-hybridized carbons (Fsp3) is 0.242. The molecule has 0 saturated heterocycles. The summed E-state index contributed by atoms with van der Waals surface area (Å²) in [4.78, 5) is 4.33. The highest BCUT2D eigenvalue weighted by Crippen LogP contribution is 2.49. The molecule has 0 aliphatic carbocycles. The number of hydrogen-bond acceptors (Lipinski definition) is 2. The van der Waals surface area contributed by atoms with Crippen LogP contribution in [0.4, 0.5) is 0 Å². The molecule has 0 fully saturated rings. The molecule has 0 spiro atoms. The van der Waals surface area contributed by atoms with E-state index in [1.54, 1.807) is 0 Å². The van der Waals surface area contributed by atoms with Crippen molar-refractivity contribution in [2.75, 3.05) is 7.05 Å². The van der Waals surface area contributed by atoms with Gasteiger partial charge in [0, 0.05) is 30.4 Å². The van der Waals surface area contributed by atoms with Crippen molar-refractivity contribution in [2.24, 2.45) is 4.99 Å². The topological polar surface area (TPSA) is 21.6 Å². The Kier molecular flexibility index (Phi) is 8.73. The van der Waals surface area contributed by atoms with Crippen LogP contribution in [-0.4, -0.2) is 13.3 Å². The fourth-order valence-corrected chi connectivity index (χ4v) is 6.24. The molecule has 0 saturated carbocycles. The standard InChI is InChI=1S/C33H36NOP/c1-5-33(3,36-32-25(2)14-12-20-29(32)23-34-4)30-21-13-19-28(22-26-15-8-6-9-16-26)31(30)35-24-27-17-10-7-11-18-27/h6-21,23,36H,5,22,24H2,1-4H3. The van der Waals surface area contributed by atoms with E-state index in [0.29, 0.717) is 15.2 Å². The minimum Gasteiger partial charge on any atom is -0.488 e. The van der Waals surface area contributed by atoms with E-state index in [1.807, 2.05) is 19.3 Å². The number of rotatable bonds is 10. The molecule has 0 aromatic heterocycles. The summed E-state index contributed by atoms with van der Waals surface area (Å²) in [6.07, 6.45) is 3.85. The predicted octanol–water partition coefficient (Wildman–Crippen LogP) is 7.84. The smallest absolute Gasteiger partial charge is 0.127 e. The van der Waals surface area contributed by atoms with Gasteiger partial charge in [-0.25, -0.2) is 0 Å². The summed E-state index contributed by atoms with van der Waals surface area (Å²) >= 11 is 0. The third-order valence-electron chi connectivity index (χ3n) is 6.84. The van der Waals surface area contributed by atoms with Crippen LogP contribution in [0.3, 0.4) is 0 Å². The van der Waals surface area contributed by atoms with Crippen LogP contribution in [0.25, 0.3) is 0 Å². The van der Waals surface area contributed by atoms with E-state index in [0.717, 1.165) is 18.6 Å². The lowest BCUT2D eigenvalue weighted by molar-refractivity contribution is 0.297. The normalized spacial score (nSPS) is 13.3. The molecule has 0 heterocycles. The van der Waals surface area contributed by atoms with Crippen LogP contribution in [-0.2, 0) is 18.2 Å². The second kappa shape index (κ2) is 12.2. The summed E-state index contributed by atoms with van der Waals surface area (Å²) in [5.74, 6) is 1.03. The van der Waals surface area contributed by atoms with E-state index in [-0.39, 0.29) is 5.16 Å². The monoisotopic (exact) mass is 493 g/mol. The van der Waals surface area contributed by atoms with Crippen LogP contribution in [0.2, 0.25) is 0 Å². The maximum atomic E-state index is 6.70. The average molecular weight is 494 g/mol. The van der Waals surface area contributed by atoms with Crippen molar-refractivity contribution in [1.29, 1.82) is 0 Å². The lowest BCUT2D eigenvalue weighted by Crippen LogP contribution is -2.23. The number of nitrogens with zero attached hydrogens (tertiary/aromatic N) is 1. The quantitative estimate of drug-likeness (QED) is 0.163. The van der Waals surface area contributed by atoms with Gasteiger partial charge < -0.3 is 4.74 Å². The van der Waals surface area contributed by atoms with Gasteiger partial charge in [0.15, 0.2) is 0 Å². The Balaban J connectivity index is 1.78. The van der Waals surface area contributed by atoms with Crippen LogP contribution >= 0.6 is 8.58 Å². The number of aliphatic imine (C=N–C) groups is 1. The SMILES string of the molecule is CCC(C)(Pc1c(C)cccc1C=NC)c1cccc(Cc2ccccc2)c1OCc1ccccc1. The average Bonchev–Trinajstić information content (AvgIpc) is 2.91. The molecule has 36 heavy (non-hydrogen) atoms. The van der Waals surface area contributed by atoms with Gasteiger partial charge in [-0.05, 0) is 46.5 Å². The lowest BCUT2D eigenvalue weighted by Gasteiger charge is -2.33. The van der Waals surface area contributed by atoms with E-state index < -0.39 is 0 Å². The van der Waals surface area contributed by atoms with Gasteiger partial charge in [0.2, 0.25) is 0 Å². The third-order valence-corrected chi connectivity index (χ3v) is 8.94. The summed E-state index contributed by atoms with van der Waals surface area (Å²) in [5.41, 5.74) is 7.52. The Bertz CT molecular complexity index is 1300. The Hall–Kier alpha value is -3.22. The zero-order chi connectivity index (χ0) is 25.4. The van der Waals surface area contributed by atoms with Gasteiger partial charge in [-0.15, -0.1) is 0 Å². The molecule has 0 N–H and O–H groups in total. The second-order valence-corrected chi connectivity index (χ2v) is 11.3. The number of ether oxygens (including phenoxy) is 1. The van der Waals surface area contributed by atoms with Crippen molar-refractivity contribution >= 4 is 20.1 Å². The van der Waals surface area contributed by atoms with E-state index in [1.165, 1.54) is 38.7 Å². The highest BCUT2D eigenvalue weighted by molar-refractivity contribution is 7.49. The van der Waals surface area contributed by atoms with Crippen molar-refractivity contribution in [3.8, 4) is 5.75 Å². The molecule has 0 radical (unpaired) electrons. The van der Waals surface area contributed by atoms with Crippen molar-refractivity contribution in [2.45, 2.75) is 45.4 Å². The molecule has 0 amide bonds.